The van der Waals surface area contributed by atoms with Crippen LogP contribution in [0.1, 0.15) is 11.4 Å². The Morgan fingerprint density at radius 1 is 1.06 bits per heavy atom. The summed E-state index contributed by atoms with van der Waals surface area (Å²) in [6, 6.07) is 13.8. The number of pyridine rings is 1. The summed E-state index contributed by atoms with van der Waals surface area (Å²) in [5, 5.41) is 5.20. The lowest BCUT2D eigenvalue weighted by molar-refractivity contribution is 0.836. The Morgan fingerprint density at radius 3 is 2.83 bits per heavy atom. The highest BCUT2D eigenvalue weighted by atomic mass is 35.5. The average Bonchev–Trinajstić information content (AvgIpc) is 2.79. The maximum absolute atomic E-state index is 5.96. The zero-order valence-electron chi connectivity index (χ0n) is 9.75. The lowest BCUT2D eigenvalue weighted by Crippen LogP contribution is -1.94. The van der Waals surface area contributed by atoms with Gasteiger partial charge in [-0.3, -0.25) is 0 Å². The Balaban J connectivity index is 1.76. The van der Waals surface area contributed by atoms with Crippen LogP contribution in [0.2, 0.25) is 5.02 Å². The number of nitrogens with zero attached hydrogens (tertiary/aromatic N) is 3. The molecule has 4 heteroatoms. The van der Waals surface area contributed by atoms with Crippen LogP contribution < -0.4 is 0 Å². The minimum absolute atomic E-state index is 0.774. The molecule has 0 aliphatic heterocycles. The van der Waals surface area contributed by atoms with E-state index in [2.05, 4.69) is 16.1 Å². The van der Waals surface area contributed by atoms with E-state index in [1.54, 1.807) is 4.52 Å². The van der Waals surface area contributed by atoms with Gasteiger partial charge >= 0.3 is 0 Å². The SMILES string of the molecule is Clc1cccc(CCc2nc3ccccn3n2)c1. The smallest absolute Gasteiger partial charge is 0.155 e. The molecule has 0 atom stereocenters. The fourth-order valence-corrected chi connectivity index (χ4v) is 2.14. The van der Waals surface area contributed by atoms with E-state index in [4.69, 9.17) is 11.6 Å². The molecule has 1 aromatic carbocycles. The molecule has 0 unspecified atom stereocenters. The first kappa shape index (κ1) is 11.2. The van der Waals surface area contributed by atoms with Crippen LogP contribution in [0.3, 0.4) is 0 Å². The van der Waals surface area contributed by atoms with Crippen LogP contribution in [0.25, 0.3) is 5.65 Å². The highest BCUT2D eigenvalue weighted by Gasteiger charge is 2.03. The van der Waals surface area contributed by atoms with Crippen molar-refractivity contribution in [3.63, 3.8) is 0 Å². The first-order valence-electron chi connectivity index (χ1n) is 5.86. The van der Waals surface area contributed by atoms with Crippen molar-refractivity contribution in [1.82, 2.24) is 14.6 Å². The van der Waals surface area contributed by atoms with Crippen molar-refractivity contribution in [2.24, 2.45) is 0 Å². The fraction of sp³-hybridized carbons (Fsp3) is 0.143. The second-order valence-corrected chi connectivity index (χ2v) is 4.60. The zero-order valence-corrected chi connectivity index (χ0v) is 10.5. The van der Waals surface area contributed by atoms with Crippen LogP contribution in [0.4, 0.5) is 0 Å². The van der Waals surface area contributed by atoms with Crippen molar-refractivity contribution in [2.75, 3.05) is 0 Å². The maximum Gasteiger partial charge on any atom is 0.155 e. The molecule has 0 amide bonds. The molecule has 0 aliphatic rings. The van der Waals surface area contributed by atoms with Crippen molar-refractivity contribution in [3.8, 4) is 0 Å². The average molecular weight is 258 g/mol. The molecule has 3 nitrogen and oxygen atoms in total. The van der Waals surface area contributed by atoms with Crippen LogP contribution in [-0.4, -0.2) is 14.6 Å². The molecule has 3 rings (SSSR count). The zero-order chi connectivity index (χ0) is 12.4. The summed E-state index contributed by atoms with van der Waals surface area (Å²) in [7, 11) is 0. The Morgan fingerprint density at radius 2 is 2.00 bits per heavy atom. The molecular weight excluding hydrogens is 246 g/mol. The predicted octanol–water partition coefficient (Wildman–Crippen LogP) is 3.17. The van der Waals surface area contributed by atoms with E-state index in [-0.39, 0.29) is 0 Å². The van der Waals surface area contributed by atoms with E-state index in [9.17, 15) is 0 Å². The Bertz CT molecular complexity index is 642. The minimum Gasteiger partial charge on any atom is -0.221 e. The minimum atomic E-state index is 0.774. The number of rotatable bonds is 3. The second-order valence-electron chi connectivity index (χ2n) is 4.16. The summed E-state index contributed by atoms with van der Waals surface area (Å²) in [5.41, 5.74) is 2.10. The number of aryl methyl sites for hydroxylation is 2. The molecule has 2 heterocycles. The van der Waals surface area contributed by atoms with Gasteiger partial charge in [-0.1, -0.05) is 29.8 Å². The number of hydrogen-bond donors (Lipinski definition) is 0. The van der Waals surface area contributed by atoms with Crippen molar-refractivity contribution < 1.29 is 0 Å². The summed E-state index contributed by atoms with van der Waals surface area (Å²) in [4.78, 5) is 4.47. The van der Waals surface area contributed by atoms with Gasteiger partial charge in [0.25, 0.3) is 0 Å². The van der Waals surface area contributed by atoms with Gasteiger partial charge in [0.1, 0.15) is 0 Å². The van der Waals surface area contributed by atoms with Gasteiger partial charge in [0.2, 0.25) is 0 Å². The molecule has 0 radical (unpaired) electrons. The van der Waals surface area contributed by atoms with E-state index >= 15 is 0 Å². The molecule has 0 N–H and O–H groups in total. The Hall–Kier alpha value is -1.87. The van der Waals surface area contributed by atoms with Crippen molar-refractivity contribution >= 4 is 17.2 Å². The number of benzene rings is 1. The monoisotopic (exact) mass is 257 g/mol. The predicted molar refractivity (Wildman–Crippen MR) is 71.8 cm³/mol. The van der Waals surface area contributed by atoms with E-state index in [1.165, 1.54) is 5.56 Å². The summed E-state index contributed by atoms with van der Waals surface area (Å²) in [6.45, 7) is 0. The van der Waals surface area contributed by atoms with E-state index in [0.29, 0.717) is 0 Å². The Labute approximate surface area is 110 Å². The van der Waals surface area contributed by atoms with Gasteiger partial charge in [0.15, 0.2) is 11.5 Å². The molecule has 0 fully saturated rings. The molecule has 0 spiro atoms. The largest absolute Gasteiger partial charge is 0.221 e. The molecule has 0 bridgehead atoms. The molecule has 0 saturated carbocycles. The summed E-state index contributed by atoms with van der Waals surface area (Å²) in [6.07, 6.45) is 3.63. The maximum atomic E-state index is 5.96. The summed E-state index contributed by atoms with van der Waals surface area (Å²) in [5.74, 6) is 0.862. The number of aromatic nitrogens is 3. The number of fused-ring (bicyclic) bond motifs is 1. The van der Waals surface area contributed by atoms with E-state index in [1.807, 2.05) is 42.6 Å². The molecule has 18 heavy (non-hydrogen) atoms. The topological polar surface area (TPSA) is 30.2 Å². The van der Waals surface area contributed by atoms with Gasteiger partial charge < -0.3 is 0 Å². The lowest BCUT2D eigenvalue weighted by Gasteiger charge is -1.98. The summed E-state index contributed by atoms with van der Waals surface area (Å²) < 4.78 is 1.80. The molecule has 2 aromatic heterocycles. The third kappa shape index (κ3) is 2.36. The highest BCUT2D eigenvalue weighted by Crippen LogP contribution is 2.12. The summed E-state index contributed by atoms with van der Waals surface area (Å²) >= 11 is 5.96. The van der Waals surface area contributed by atoms with Gasteiger partial charge in [-0.15, -0.1) is 0 Å². The van der Waals surface area contributed by atoms with Gasteiger partial charge in [0.05, 0.1) is 0 Å². The second kappa shape index (κ2) is 4.78. The Kier molecular flexibility index (Phi) is 2.99. The number of hydrogen-bond acceptors (Lipinski definition) is 2. The standard InChI is InChI=1S/C14H12ClN3/c15-12-5-3-4-11(10-12)7-8-13-16-14-6-1-2-9-18(14)17-13/h1-6,9-10H,7-8H2. The van der Waals surface area contributed by atoms with Crippen LogP contribution in [0.15, 0.2) is 48.7 Å². The highest BCUT2D eigenvalue weighted by molar-refractivity contribution is 6.30. The third-order valence-electron chi connectivity index (χ3n) is 2.81. The molecule has 90 valence electrons. The molecule has 3 aromatic rings. The van der Waals surface area contributed by atoms with Crippen molar-refractivity contribution in [1.29, 1.82) is 0 Å². The van der Waals surface area contributed by atoms with Crippen molar-refractivity contribution in [3.05, 3.63) is 65.1 Å². The van der Waals surface area contributed by atoms with Crippen LogP contribution >= 0.6 is 11.6 Å². The number of halogens is 1. The van der Waals surface area contributed by atoms with E-state index in [0.717, 1.165) is 29.3 Å². The third-order valence-corrected chi connectivity index (χ3v) is 3.05. The van der Waals surface area contributed by atoms with Gasteiger partial charge in [-0.05, 0) is 36.2 Å². The lowest BCUT2D eigenvalue weighted by atomic mass is 10.1. The van der Waals surface area contributed by atoms with Crippen LogP contribution in [-0.2, 0) is 12.8 Å². The fourth-order valence-electron chi connectivity index (χ4n) is 1.93. The van der Waals surface area contributed by atoms with Gasteiger partial charge in [-0.2, -0.15) is 5.10 Å². The van der Waals surface area contributed by atoms with E-state index < -0.39 is 0 Å². The van der Waals surface area contributed by atoms with Crippen LogP contribution in [0.5, 0.6) is 0 Å². The van der Waals surface area contributed by atoms with Crippen LogP contribution in [0, 0.1) is 0 Å². The first-order valence-corrected chi connectivity index (χ1v) is 6.24. The first-order chi connectivity index (χ1) is 8.81. The normalized spacial score (nSPS) is 10.9. The van der Waals surface area contributed by atoms with Crippen molar-refractivity contribution in [2.45, 2.75) is 12.8 Å². The molecule has 0 aliphatic carbocycles. The van der Waals surface area contributed by atoms with Gasteiger partial charge in [0, 0.05) is 17.6 Å². The molecule has 0 saturated heterocycles. The molecular formula is C14H12ClN3. The quantitative estimate of drug-likeness (QED) is 0.721. The van der Waals surface area contributed by atoms with Gasteiger partial charge in [-0.25, -0.2) is 9.50 Å².